The number of hydrogen-bond donors (Lipinski definition) is 0. The van der Waals surface area contributed by atoms with E-state index in [4.69, 9.17) is 0 Å². The molecule has 1 unspecified atom stereocenters. The first kappa shape index (κ1) is 16.3. The number of rotatable bonds is 3. The zero-order valence-electron chi connectivity index (χ0n) is 14.6. The second-order valence-corrected chi connectivity index (χ2v) is 6.12. The van der Waals surface area contributed by atoms with Crippen LogP contribution >= 0.6 is 0 Å². The van der Waals surface area contributed by atoms with Gasteiger partial charge in [0.05, 0.1) is 17.3 Å². The Hall–Kier alpha value is -2.10. The van der Waals surface area contributed by atoms with Crippen LogP contribution in [0.25, 0.3) is 0 Å². The molecule has 0 saturated carbocycles. The van der Waals surface area contributed by atoms with E-state index < -0.39 is 0 Å². The van der Waals surface area contributed by atoms with Crippen LogP contribution in [0.3, 0.4) is 0 Å². The van der Waals surface area contributed by atoms with Gasteiger partial charge in [0.2, 0.25) is 0 Å². The molecule has 0 N–H and O–H groups in total. The molecular weight excluding hydrogens is 274 g/mol. The number of amides is 1. The highest BCUT2D eigenvalue weighted by molar-refractivity contribution is 5.96. The van der Waals surface area contributed by atoms with Gasteiger partial charge < -0.3 is 4.90 Å². The van der Waals surface area contributed by atoms with Gasteiger partial charge in [0.1, 0.15) is 0 Å². The van der Waals surface area contributed by atoms with E-state index in [9.17, 15) is 4.79 Å². The van der Waals surface area contributed by atoms with E-state index in [0.29, 0.717) is 5.56 Å². The second-order valence-electron chi connectivity index (χ2n) is 6.12. The number of benzene rings is 1. The van der Waals surface area contributed by atoms with Crippen LogP contribution in [0.2, 0.25) is 0 Å². The fourth-order valence-corrected chi connectivity index (χ4v) is 2.85. The number of hydrogen-bond acceptors (Lipinski definition) is 2. The number of aryl methyl sites for hydroxylation is 4. The van der Waals surface area contributed by atoms with Gasteiger partial charge >= 0.3 is 0 Å². The second kappa shape index (κ2) is 5.95. The molecule has 0 aliphatic heterocycles. The lowest BCUT2D eigenvalue weighted by molar-refractivity contribution is 0.0740. The molecule has 0 fully saturated rings. The molecule has 0 aliphatic rings. The lowest BCUT2D eigenvalue weighted by Gasteiger charge is -2.27. The van der Waals surface area contributed by atoms with Crippen molar-refractivity contribution in [3.05, 3.63) is 51.8 Å². The minimum absolute atomic E-state index is 0.0198. The van der Waals surface area contributed by atoms with Gasteiger partial charge in [-0.1, -0.05) is 23.8 Å². The third-order valence-corrected chi connectivity index (χ3v) is 4.51. The molecule has 1 atom stereocenters. The first-order chi connectivity index (χ1) is 10.2. The van der Waals surface area contributed by atoms with Crippen LogP contribution in [-0.4, -0.2) is 27.6 Å². The van der Waals surface area contributed by atoms with Crippen LogP contribution in [0.5, 0.6) is 0 Å². The van der Waals surface area contributed by atoms with Gasteiger partial charge in [0.25, 0.3) is 5.91 Å². The predicted octanol–water partition coefficient (Wildman–Crippen LogP) is 3.49. The van der Waals surface area contributed by atoms with Crippen molar-refractivity contribution < 1.29 is 4.79 Å². The Balaban J connectivity index is 2.36. The van der Waals surface area contributed by atoms with E-state index in [1.54, 1.807) is 9.58 Å². The van der Waals surface area contributed by atoms with Crippen LogP contribution in [0.15, 0.2) is 18.2 Å². The van der Waals surface area contributed by atoms with Gasteiger partial charge in [-0.3, -0.25) is 9.48 Å². The van der Waals surface area contributed by atoms with Gasteiger partial charge in [0.15, 0.2) is 0 Å². The van der Waals surface area contributed by atoms with Crippen LogP contribution in [0.4, 0.5) is 0 Å². The molecule has 4 heteroatoms. The first-order valence-electron chi connectivity index (χ1n) is 7.58. The Kier molecular flexibility index (Phi) is 4.40. The largest absolute Gasteiger partial charge is 0.335 e. The van der Waals surface area contributed by atoms with Crippen LogP contribution in [-0.2, 0) is 7.05 Å². The van der Waals surface area contributed by atoms with Crippen molar-refractivity contribution in [3.8, 4) is 0 Å². The zero-order chi connectivity index (χ0) is 16.6. The maximum Gasteiger partial charge on any atom is 0.257 e. The third kappa shape index (κ3) is 2.78. The van der Waals surface area contributed by atoms with Crippen molar-refractivity contribution in [3.63, 3.8) is 0 Å². The average molecular weight is 299 g/mol. The Morgan fingerprint density at radius 3 is 2.41 bits per heavy atom. The number of nitrogens with zero attached hydrogens (tertiary/aromatic N) is 3. The minimum Gasteiger partial charge on any atom is -0.335 e. The first-order valence-corrected chi connectivity index (χ1v) is 7.58. The summed E-state index contributed by atoms with van der Waals surface area (Å²) in [6.45, 7) is 10.1. The lowest BCUT2D eigenvalue weighted by atomic mass is 9.98. The van der Waals surface area contributed by atoms with E-state index in [0.717, 1.165) is 11.4 Å². The highest BCUT2D eigenvalue weighted by atomic mass is 16.2. The van der Waals surface area contributed by atoms with Gasteiger partial charge in [-0.15, -0.1) is 0 Å². The van der Waals surface area contributed by atoms with E-state index in [1.807, 2.05) is 27.9 Å². The van der Waals surface area contributed by atoms with Crippen molar-refractivity contribution in [2.24, 2.45) is 7.05 Å². The summed E-state index contributed by atoms with van der Waals surface area (Å²) in [5.41, 5.74) is 6.00. The molecule has 4 nitrogen and oxygen atoms in total. The van der Waals surface area contributed by atoms with E-state index in [-0.39, 0.29) is 11.9 Å². The smallest absolute Gasteiger partial charge is 0.257 e. The zero-order valence-corrected chi connectivity index (χ0v) is 14.6. The monoisotopic (exact) mass is 299 g/mol. The highest BCUT2D eigenvalue weighted by Gasteiger charge is 2.25. The molecule has 118 valence electrons. The Morgan fingerprint density at radius 1 is 1.23 bits per heavy atom. The molecule has 1 aromatic carbocycles. The van der Waals surface area contributed by atoms with Crippen molar-refractivity contribution in [1.29, 1.82) is 0 Å². The molecule has 0 aliphatic carbocycles. The molecule has 22 heavy (non-hydrogen) atoms. The van der Waals surface area contributed by atoms with E-state index in [2.05, 4.69) is 44.1 Å². The van der Waals surface area contributed by atoms with Crippen molar-refractivity contribution in [2.45, 2.75) is 40.7 Å². The fourth-order valence-electron chi connectivity index (χ4n) is 2.85. The standard InChI is InChI=1S/C18H25N3O/c1-11-8-9-12(2)16(10-11)14(4)20(6)18(22)17-13(3)19-21(7)15(17)5/h8-10,14H,1-7H3. The highest BCUT2D eigenvalue weighted by Crippen LogP contribution is 2.26. The molecule has 2 aromatic rings. The van der Waals surface area contributed by atoms with Gasteiger partial charge in [0, 0.05) is 19.8 Å². The summed E-state index contributed by atoms with van der Waals surface area (Å²) < 4.78 is 1.76. The fraction of sp³-hybridized carbons (Fsp3) is 0.444. The summed E-state index contributed by atoms with van der Waals surface area (Å²) in [5.74, 6) is 0.0245. The van der Waals surface area contributed by atoms with Gasteiger partial charge in [-0.05, 0) is 45.7 Å². The summed E-state index contributed by atoms with van der Waals surface area (Å²) in [6, 6.07) is 6.39. The van der Waals surface area contributed by atoms with Crippen molar-refractivity contribution in [2.75, 3.05) is 7.05 Å². The molecular formula is C18H25N3O. The van der Waals surface area contributed by atoms with Crippen LogP contribution in [0, 0.1) is 27.7 Å². The van der Waals surface area contributed by atoms with Gasteiger partial charge in [-0.25, -0.2) is 0 Å². The molecule has 0 saturated heterocycles. The number of carbonyl (C=O) groups is 1. The molecule has 0 bridgehead atoms. The van der Waals surface area contributed by atoms with E-state index in [1.165, 1.54) is 16.7 Å². The Morgan fingerprint density at radius 2 is 1.86 bits per heavy atom. The van der Waals surface area contributed by atoms with Gasteiger partial charge in [-0.2, -0.15) is 5.10 Å². The quantitative estimate of drug-likeness (QED) is 0.870. The molecule has 1 amide bonds. The number of carbonyl (C=O) groups excluding carboxylic acids is 1. The molecule has 0 spiro atoms. The molecule has 1 aromatic heterocycles. The van der Waals surface area contributed by atoms with Crippen LogP contribution in [0.1, 0.15) is 51.4 Å². The average Bonchev–Trinajstić information content (AvgIpc) is 2.72. The predicted molar refractivity (Wildman–Crippen MR) is 89.1 cm³/mol. The minimum atomic E-state index is 0.0198. The summed E-state index contributed by atoms with van der Waals surface area (Å²) in [6.07, 6.45) is 0. The summed E-state index contributed by atoms with van der Waals surface area (Å²) >= 11 is 0. The Labute approximate surface area is 132 Å². The summed E-state index contributed by atoms with van der Waals surface area (Å²) in [7, 11) is 3.73. The molecule has 0 radical (unpaired) electrons. The lowest BCUT2D eigenvalue weighted by Crippen LogP contribution is -2.31. The summed E-state index contributed by atoms with van der Waals surface area (Å²) in [4.78, 5) is 14.7. The molecule has 1 heterocycles. The van der Waals surface area contributed by atoms with Crippen LogP contribution < -0.4 is 0 Å². The Bertz CT molecular complexity index is 715. The SMILES string of the molecule is Cc1ccc(C)c(C(C)N(C)C(=O)c2c(C)nn(C)c2C)c1. The van der Waals surface area contributed by atoms with Crippen molar-refractivity contribution in [1.82, 2.24) is 14.7 Å². The maximum absolute atomic E-state index is 12.9. The number of aromatic nitrogens is 2. The molecule has 2 rings (SSSR count). The summed E-state index contributed by atoms with van der Waals surface area (Å²) in [5, 5.41) is 4.35. The normalized spacial score (nSPS) is 12.3. The third-order valence-electron chi connectivity index (χ3n) is 4.51. The maximum atomic E-state index is 12.9. The topological polar surface area (TPSA) is 38.1 Å². The van der Waals surface area contributed by atoms with Crippen molar-refractivity contribution >= 4 is 5.91 Å². The van der Waals surface area contributed by atoms with E-state index >= 15 is 0 Å².